The average molecular weight is 365 g/mol. The van der Waals surface area contributed by atoms with Gasteiger partial charge in [0.25, 0.3) is 5.56 Å². The maximum absolute atomic E-state index is 12.7. The van der Waals surface area contributed by atoms with Crippen molar-refractivity contribution in [3.63, 3.8) is 0 Å². The molecule has 1 aromatic heterocycles. The first-order chi connectivity index (χ1) is 11.9. The molecule has 3 aromatic rings. The molecule has 0 unspecified atom stereocenters. The third-order valence-corrected chi connectivity index (χ3v) is 4.27. The molecule has 0 bridgehead atoms. The first-order valence-corrected chi connectivity index (χ1v) is 7.84. The lowest BCUT2D eigenvalue weighted by molar-refractivity contribution is -0.0505. The highest BCUT2D eigenvalue weighted by atomic mass is 35.5. The fourth-order valence-corrected chi connectivity index (χ4v) is 3.00. The van der Waals surface area contributed by atoms with E-state index in [1.165, 1.54) is 10.7 Å². The molecule has 0 aliphatic carbocycles. The van der Waals surface area contributed by atoms with Crippen LogP contribution in [0.2, 0.25) is 5.02 Å². The smallest absolute Gasteiger partial charge is 0.387 e. The Balaban J connectivity index is 2.20. The molecule has 1 heterocycles. The van der Waals surface area contributed by atoms with E-state index >= 15 is 0 Å². The van der Waals surface area contributed by atoms with Crippen LogP contribution < -0.4 is 10.3 Å². The number of halogens is 3. The molecule has 130 valence electrons. The van der Waals surface area contributed by atoms with E-state index in [0.29, 0.717) is 27.1 Å². The second kappa shape index (κ2) is 6.72. The molecule has 0 aliphatic heterocycles. The van der Waals surface area contributed by atoms with Gasteiger partial charge < -0.3 is 4.74 Å². The first-order valence-electron chi connectivity index (χ1n) is 7.46. The molecule has 0 saturated heterocycles. The van der Waals surface area contributed by atoms with E-state index in [0.717, 1.165) is 0 Å². The zero-order valence-electron chi connectivity index (χ0n) is 13.4. The minimum absolute atomic E-state index is 0.0451. The number of aromatic nitrogens is 2. The predicted molar refractivity (Wildman–Crippen MR) is 94.5 cm³/mol. The first kappa shape index (κ1) is 17.2. The molecule has 0 N–H and O–H groups in total. The standard InChI is InChI=1S/C18H15ClF2N2O2/c1-3-11-5-4-6-16(25-18(20)21)14(11)10-23-15-9-12(19)7-8-13(15)17(24)22(23)2/h3-9,18H,1,10H2,2H3. The number of nitrogens with zero attached hydrogens (tertiary/aromatic N) is 2. The maximum Gasteiger partial charge on any atom is 0.387 e. The lowest BCUT2D eigenvalue weighted by Gasteiger charge is -2.16. The van der Waals surface area contributed by atoms with Gasteiger partial charge in [0.15, 0.2) is 0 Å². The highest BCUT2D eigenvalue weighted by Gasteiger charge is 2.17. The summed E-state index contributed by atoms with van der Waals surface area (Å²) in [6, 6.07) is 9.78. The summed E-state index contributed by atoms with van der Waals surface area (Å²) in [5.74, 6) is 0.0451. The molecule has 0 aliphatic rings. The second-order valence-corrected chi connectivity index (χ2v) is 5.89. The van der Waals surface area contributed by atoms with Crippen molar-refractivity contribution in [1.29, 1.82) is 0 Å². The summed E-state index contributed by atoms with van der Waals surface area (Å²) in [5, 5.41) is 0.979. The third kappa shape index (κ3) is 3.17. The summed E-state index contributed by atoms with van der Waals surface area (Å²) >= 11 is 6.05. The fourth-order valence-electron chi connectivity index (χ4n) is 2.84. The Morgan fingerprint density at radius 2 is 2.08 bits per heavy atom. The Bertz CT molecular complexity index is 1010. The van der Waals surface area contributed by atoms with Gasteiger partial charge in [0, 0.05) is 17.6 Å². The van der Waals surface area contributed by atoms with Crippen LogP contribution in [0.4, 0.5) is 8.78 Å². The fraction of sp³-hybridized carbons (Fsp3) is 0.167. The molecular formula is C18H15ClF2N2O2. The Hall–Kier alpha value is -2.60. The van der Waals surface area contributed by atoms with Crippen molar-refractivity contribution in [3.05, 3.63) is 69.5 Å². The molecule has 0 atom stereocenters. The van der Waals surface area contributed by atoms with Gasteiger partial charge >= 0.3 is 6.61 Å². The minimum Gasteiger partial charge on any atom is -0.434 e. The SMILES string of the molecule is C=Cc1cccc(OC(F)F)c1Cn1c2cc(Cl)ccc2c(=O)n1C. The average Bonchev–Trinajstić information content (AvgIpc) is 2.80. The van der Waals surface area contributed by atoms with Crippen LogP contribution in [0.3, 0.4) is 0 Å². The van der Waals surface area contributed by atoms with Crippen LogP contribution in [0.15, 0.2) is 47.8 Å². The van der Waals surface area contributed by atoms with E-state index in [-0.39, 0.29) is 17.9 Å². The molecule has 0 amide bonds. The number of rotatable bonds is 5. The van der Waals surface area contributed by atoms with Gasteiger partial charge in [-0.25, -0.2) is 0 Å². The van der Waals surface area contributed by atoms with E-state index in [1.54, 1.807) is 48.1 Å². The molecular weight excluding hydrogens is 350 g/mol. The van der Waals surface area contributed by atoms with Gasteiger partial charge in [-0.3, -0.25) is 14.2 Å². The van der Waals surface area contributed by atoms with Crippen LogP contribution in [-0.2, 0) is 13.6 Å². The van der Waals surface area contributed by atoms with E-state index < -0.39 is 6.61 Å². The van der Waals surface area contributed by atoms with Crippen LogP contribution >= 0.6 is 11.6 Å². The third-order valence-electron chi connectivity index (χ3n) is 4.04. The van der Waals surface area contributed by atoms with Crippen LogP contribution in [0.1, 0.15) is 11.1 Å². The number of ether oxygens (including phenoxy) is 1. The molecule has 0 radical (unpaired) electrons. The van der Waals surface area contributed by atoms with Gasteiger partial charge in [-0.05, 0) is 29.8 Å². The molecule has 0 spiro atoms. The molecule has 25 heavy (non-hydrogen) atoms. The normalized spacial score (nSPS) is 11.2. The Morgan fingerprint density at radius 3 is 2.76 bits per heavy atom. The molecule has 3 rings (SSSR count). The van der Waals surface area contributed by atoms with Crippen LogP contribution in [0, 0.1) is 0 Å². The summed E-state index contributed by atoms with van der Waals surface area (Å²) < 4.78 is 33.2. The van der Waals surface area contributed by atoms with Crippen LogP contribution in [-0.4, -0.2) is 16.0 Å². The van der Waals surface area contributed by atoms with Gasteiger partial charge in [0.1, 0.15) is 5.75 Å². The Kier molecular flexibility index (Phi) is 4.63. The van der Waals surface area contributed by atoms with Crippen molar-refractivity contribution in [3.8, 4) is 5.75 Å². The van der Waals surface area contributed by atoms with Crippen molar-refractivity contribution in [2.75, 3.05) is 0 Å². The van der Waals surface area contributed by atoms with Crippen LogP contribution in [0.5, 0.6) is 5.75 Å². The summed E-state index contributed by atoms with van der Waals surface area (Å²) in [5.41, 5.74) is 1.57. The number of fused-ring (bicyclic) bond motifs is 1. The van der Waals surface area contributed by atoms with Crippen molar-refractivity contribution < 1.29 is 13.5 Å². The van der Waals surface area contributed by atoms with Gasteiger partial charge in [-0.15, -0.1) is 0 Å². The lowest BCUT2D eigenvalue weighted by Crippen LogP contribution is -2.20. The summed E-state index contributed by atoms with van der Waals surface area (Å²) in [6.07, 6.45) is 1.56. The van der Waals surface area contributed by atoms with Crippen molar-refractivity contribution in [2.45, 2.75) is 13.2 Å². The maximum atomic E-state index is 12.7. The van der Waals surface area contributed by atoms with Crippen molar-refractivity contribution in [2.24, 2.45) is 7.05 Å². The second-order valence-electron chi connectivity index (χ2n) is 5.45. The van der Waals surface area contributed by atoms with Crippen LogP contribution in [0.25, 0.3) is 17.0 Å². The molecule has 0 saturated carbocycles. The molecule has 7 heteroatoms. The minimum atomic E-state index is -2.95. The van der Waals surface area contributed by atoms with E-state index in [4.69, 9.17) is 11.6 Å². The Morgan fingerprint density at radius 1 is 1.32 bits per heavy atom. The summed E-state index contributed by atoms with van der Waals surface area (Å²) in [6.45, 7) is 0.922. The van der Waals surface area contributed by atoms with E-state index in [9.17, 15) is 13.6 Å². The number of hydrogen-bond acceptors (Lipinski definition) is 2. The van der Waals surface area contributed by atoms with E-state index in [1.807, 2.05) is 0 Å². The number of benzene rings is 2. The quantitative estimate of drug-likeness (QED) is 0.677. The van der Waals surface area contributed by atoms with Gasteiger partial charge in [0.05, 0.1) is 17.4 Å². The number of alkyl halides is 2. The monoisotopic (exact) mass is 364 g/mol. The molecule has 4 nitrogen and oxygen atoms in total. The molecule has 2 aromatic carbocycles. The highest BCUT2D eigenvalue weighted by molar-refractivity contribution is 6.31. The van der Waals surface area contributed by atoms with Gasteiger partial charge in [-0.2, -0.15) is 8.78 Å². The van der Waals surface area contributed by atoms with Crippen molar-refractivity contribution >= 4 is 28.6 Å². The largest absolute Gasteiger partial charge is 0.434 e. The summed E-state index contributed by atoms with van der Waals surface area (Å²) in [4.78, 5) is 12.4. The van der Waals surface area contributed by atoms with Gasteiger partial charge in [-0.1, -0.05) is 36.4 Å². The van der Waals surface area contributed by atoms with Gasteiger partial charge in [0.2, 0.25) is 0 Å². The highest BCUT2D eigenvalue weighted by Crippen LogP contribution is 2.27. The lowest BCUT2D eigenvalue weighted by atomic mass is 10.1. The van der Waals surface area contributed by atoms with E-state index in [2.05, 4.69) is 11.3 Å². The summed E-state index contributed by atoms with van der Waals surface area (Å²) in [7, 11) is 1.61. The number of hydrogen-bond donors (Lipinski definition) is 0. The topological polar surface area (TPSA) is 36.2 Å². The zero-order chi connectivity index (χ0) is 18.1. The predicted octanol–water partition coefficient (Wildman–Crippen LogP) is 4.29. The van der Waals surface area contributed by atoms with Crippen molar-refractivity contribution in [1.82, 2.24) is 9.36 Å². The Labute approximate surface area is 147 Å². The molecule has 0 fully saturated rings. The zero-order valence-corrected chi connectivity index (χ0v) is 14.1.